The molecule has 3 rings (SSSR count). The van der Waals surface area contributed by atoms with Crippen molar-refractivity contribution in [3.63, 3.8) is 0 Å². The Morgan fingerprint density at radius 1 is 1.24 bits per heavy atom. The molecule has 2 aliphatic rings. The van der Waals surface area contributed by atoms with Crippen molar-refractivity contribution in [3.05, 3.63) is 34.9 Å². The molecule has 2 aliphatic heterocycles. The molecule has 0 spiro atoms. The second kappa shape index (κ2) is 6.78. The van der Waals surface area contributed by atoms with Crippen molar-refractivity contribution in [1.29, 1.82) is 0 Å². The Bertz CT molecular complexity index is 741. The molecular formula is C19H24N2O4. The van der Waals surface area contributed by atoms with E-state index >= 15 is 0 Å². The summed E-state index contributed by atoms with van der Waals surface area (Å²) in [6.45, 7) is 4.91. The van der Waals surface area contributed by atoms with Gasteiger partial charge in [0, 0.05) is 18.7 Å². The maximum absolute atomic E-state index is 12.6. The molecule has 6 nitrogen and oxygen atoms in total. The number of ether oxygens (including phenoxy) is 2. The van der Waals surface area contributed by atoms with Crippen LogP contribution in [0.15, 0.2) is 23.8 Å². The zero-order chi connectivity index (χ0) is 18.1. The number of carbonyl (C=O) groups is 2. The number of rotatable bonds is 3. The van der Waals surface area contributed by atoms with E-state index in [9.17, 15) is 9.59 Å². The number of allylic oxidation sites excluding steroid dienone is 1. The zero-order valence-electron chi connectivity index (χ0n) is 15.2. The van der Waals surface area contributed by atoms with E-state index in [1.54, 1.807) is 32.1 Å². The number of hydrogen-bond acceptors (Lipinski definition) is 4. The molecular weight excluding hydrogens is 320 g/mol. The van der Waals surface area contributed by atoms with E-state index in [1.165, 1.54) is 0 Å². The van der Waals surface area contributed by atoms with Gasteiger partial charge in [0.25, 0.3) is 0 Å². The summed E-state index contributed by atoms with van der Waals surface area (Å²) in [4.78, 5) is 28.6. The Labute approximate surface area is 148 Å². The summed E-state index contributed by atoms with van der Waals surface area (Å²) in [5.41, 5.74) is 2.83. The lowest BCUT2D eigenvalue weighted by Gasteiger charge is -2.44. The fraction of sp³-hybridized carbons (Fsp3) is 0.474. The van der Waals surface area contributed by atoms with Crippen LogP contribution >= 0.6 is 0 Å². The normalized spacial score (nSPS) is 20.1. The zero-order valence-corrected chi connectivity index (χ0v) is 15.2. The van der Waals surface area contributed by atoms with Gasteiger partial charge in [-0.3, -0.25) is 9.59 Å². The number of benzene rings is 1. The Kier molecular flexibility index (Phi) is 4.70. The predicted octanol–water partition coefficient (Wildman–Crippen LogP) is 1.94. The van der Waals surface area contributed by atoms with Crippen molar-refractivity contribution in [3.8, 4) is 11.5 Å². The molecule has 2 heterocycles. The third-order valence-corrected chi connectivity index (χ3v) is 5.10. The highest BCUT2D eigenvalue weighted by Crippen LogP contribution is 2.39. The average molecular weight is 344 g/mol. The van der Waals surface area contributed by atoms with Crippen LogP contribution in [0.3, 0.4) is 0 Å². The quantitative estimate of drug-likeness (QED) is 0.787. The molecule has 1 aromatic carbocycles. The standard InChI is InChI=1S/C19H24N2O4/c1-5-12(2)19(23)20-10-15-14-9-17(25-4)16(24-3)8-13(14)6-7-21(15)18(22)11-20/h5,8-9,15H,6-7,10-11H2,1-4H3/b12-5+. The van der Waals surface area contributed by atoms with Crippen molar-refractivity contribution in [2.45, 2.75) is 26.3 Å². The second-order valence-corrected chi connectivity index (χ2v) is 6.42. The van der Waals surface area contributed by atoms with Crippen LogP contribution in [0.4, 0.5) is 0 Å². The number of fused-ring (bicyclic) bond motifs is 3. The van der Waals surface area contributed by atoms with E-state index in [2.05, 4.69) is 0 Å². The topological polar surface area (TPSA) is 59.1 Å². The number of nitrogens with zero attached hydrogens (tertiary/aromatic N) is 2. The molecule has 1 aromatic rings. The highest BCUT2D eigenvalue weighted by molar-refractivity contribution is 5.96. The summed E-state index contributed by atoms with van der Waals surface area (Å²) in [5.74, 6) is 1.25. The summed E-state index contributed by atoms with van der Waals surface area (Å²) in [7, 11) is 3.21. The van der Waals surface area contributed by atoms with Crippen LogP contribution < -0.4 is 9.47 Å². The first-order chi connectivity index (χ1) is 12.0. The molecule has 1 atom stereocenters. The molecule has 0 saturated carbocycles. The first-order valence-electron chi connectivity index (χ1n) is 8.46. The van der Waals surface area contributed by atoms with Crippen molar-refractivity contribution < 1.29 is 19.1 Å². The van der Waals surface area contributed by atoms with Crippen LogP contribution in [-0.4, -0.2) is 55.5 Å². The Morgan fingerprint density at radius 2 is 1.92 bits per heavy atom. The van der Waals surface area contributed by atoms with E-state index in [1.807, 2.05) is 24.0 Å². The molecule has 25 heavy (non-hydrogen) atoms. The lowest BCUT2D eigenvalue weighted by atomic mass is 9.90. The van der Waals surface area contributed by atoms with Gasteiger partial charge in [-0.15, -0.1) is 0 Å². The first kappa shape index (κ1) is 17.3. The van der Waals surface area contributed by atoms with Gasteiger partial charge >= 0.3 is 0 Å². The average Bonchev–Trinajstić information content (AvgIpc) is 2.65. The summed E-state index contributed by atoms with van der Waals surface area (Å²) in [6, 6.07) is 3.78. The van der Waals surface area contributed by atoms with Gasteiger partial charge in [-0.2, -0.15) is 0 Å². The number of carbonyl (C=O) groups excluding carboxylic acids is 2. The molecule has 134 valence electrons. The van der Waals surface area contributed by atoms with Gasteiger partial charge in [0.2, 0.25) is 11.8 Å². The Hall–Kier alpha value is -2.50. The van der Waals surface area contributed by atoms with Crippen LogP contribution in [0.25, 0.3) is 0 Å². The molecule has 0 aliphatic carbocycles. The largest absolute Gasteiger partial charge is 0.493 e. The van der Waals surface area contributed by atoms with E-state index < -0.39 is 0 Å². The number of piperazine rings is 1. The van der Waals surface area contributed by atoms with E-state index in [0.29, 0.717) is 30.2 Å². The number of hydrogen-bond donors (Lipinski definition) is 0. The number of methoxy groups -OCH3 is 2. The smallest absolute Gasteiger partial charge is 0.249 e. The minimum atomic E-state index is -0.140. The van der Waals surface area contributed by atoms with Crippen LogP contribution in [0, 0.1) is 0 Å². The van der Waals surface area contributed by atoms with Gasteiger partial charge in [0.05, 0.1) is 20.3 Å². The lowest BCUT2D eigenvalue weighted by molar-refractivity contribution is -0.147. The summed E-state index contributed by atoms with van der Waals surface area (Å²) < 4.78 is 10.8. The maximum atomic E-state index is 12.6. The van der Waals surface area contributed by atoms with Crippen molar-refractivity contribution in [2.24, 2.45) is 0 Å². The fourth-order valence-corrected chi connectivity index (χ4v) is 3.58. The van der Waals surface area contributed by atoms with E-state index in [-0.39, 0.29) is 24.4 Å². The minimum absolute atomic E-state index is 0.00561. The van der Waals surface area contributed by atoms with Crippen molar-refractivity contribution >= 4 is 11.8 Å². The first-order valence-corrected chi connectivity index (χ1v) is 8.46. The molecule has 0 N–H and O–H groups in total. The molecule has 0 aromatic heterocycles. The molecule has 0 bridgehead atoms. The Balaban J connectivity index is 1.98. The third kappa shape index (κ3) is 2.97. The van der Waals surface area contributed by atoms with Gasteiger partial charge < -0.3 is 19.3 Å². The third-order valence-electron chi connectivity index (χ3n) is 5.10. The van der Waals surface area contributed by atoms with E-state index in [0.717, 1.165) is 17.5 Å². The van der Waals surface area contributed by atoms with Gasteiger partial charge in [0.1, 0.15) is 6.54 Å². The number of amides is 2. The Morgan fingerprint density at radius 3 is 2.56 bits per heavy atom. The summed E-state index contributed by atoms with van der Waals surface area (Å²) in [6.07, 6.45) is 2.56. The van der Waals surface area contributed by atoms with Gasteiger partial charge in [-0.1, -0.05) is 6.08 Å². The molecule has 1 saturated heterocycles. The van der Waals surface area contributed by atoms with Crippen LogP contribution in [-0.2, 0) is 16.0 Å². The second-order valence-electron chi connectivity index (χ2n) is 6.42. The van der Waals surface area contributed by atoms with E-state index in [4.69, 9.17) is 9.47 Å². The molecule has 1 unspecified atom stereocenters. The monoisotopic (exact) mass is 344 g/mol. The highest BCUT2D eigenvalue weighted by atomic mass is 16.5. The van der Waals surface area contributed by atoms with Gasteiger partial charge in [-0.05, 0) is 43.5 Å². The van der Waals surface area contributed by atoms with Gasteiger partial charge in [0.15, 0.2) is 11.5 Å². The predicted molar refractivity (Wildman–Crippen MR) is 93.7 cm³/mol. The van der Waals surface area contributed by atoms with Crippen molar-refractivity contribution in [1.82, 2.24) is 9.80 Å². The van der Waals surface area contributed by atoms with Gasteiger partial charge in [-0.25, -0.2) is 0 Å². The highest BCUT2D eigenvalue weighted by Gasteiger charge is 2.39. The molecule has 6 heteroatoms. The fourth-order valence-electron chi connectivity index (χ4n) is 3.58. The van der Waals surface area contributed by atoms with Crippen LogP contribution in [0.5, 0.6) is 11.5 Å². The molecule has 2 amide bonds. The molecule has 1 fully saturated rings. The van der Waals surface area contributed by atoms with Crippen LogP contribution in [0.2, 0.25) is 0 Å². The maximum Gasteiger partial charge on any atom is 0.249 e. The lowest BCUT2D eigenvalue weighted by Crippen LogP contribution is -2.55. The molecule has 0 radical (unpaired) electrons. The summed E-state index contributed by atoms with van der Waals surface area (Å²) >= 11 is 0. The summed E-state index contributed by atoms with van der Waals surface area (Å²) in [5, 5.41) is 0. The van der Waals surface area contributed by atoms with Crippen LogP contribution in [0.1, 0.15) is 31.0 Å². The van der Waals surface area contributed by atoms with Crippen molar-refractivity contribution in [2.75, 3.05) is 33.9 Å². The minimum Gasteiger partial charge on any atom is -0.493 e. The SMILES string of the molecule is C/C=C(\C)C(=O)N1CC(=O)N2CCc3cc(OC)c(OC)cc3C2C1.